The Kier molecular flexibility index (Phi) is 4.75. The van der Waals surface area contributed by atoms with Gasteiger partial charge < -0.3 is 9.64 Å². The van der Waals surface area contributed by atoms with Crippen LogP contribution in [0, 0.1) is 6.92 Å². The van der Waals surface area contributed by atoms with Gasteiger partial charge in [-0.3, -0.25) is 9.78 Å². The third-order valence-electron chi connectivity index (χ3n) is 5.45. The minimum Gasteiger partial charge on any atom is -0.489 e. The molecule has 2 aliphatic heterocycles. The number of hydrogen-bond donors (Lipinski definition) is 0. The molecule has 0 saturated carbocycles. The maximum Gasteiger partial charge on any atom is 0.223 e. The van der Waals surface area contributed by atoms with Crippen LogP contribution < -0.4 is 4.74 Å². The lowest BCUT2D eigenvalue weighted by molar-refractivity contribution is -0.137. The molecule has 0 radical (unpaired) electrons. The molecule has 25 heavy (non-hydrogen) atoms. The second-order valence-corrected chi connectivity index (χ2v) is 8.11. The minimum atomic E-state index is 0.199. The molecule has 2 fully saturated rings. The fourth-order valence-corrected chi connectivity index (χ4v) is 5.16. The smallest absolute Gasteiger partial charge is 0.223 e. The second kappa shape index (κ2) is 7.16. The number of carbonyl (C=O) groups is 1. The molecule has 4 rings (SSSR count). The van der Waals surface area contributed by atoms with E-state index in [1.54, 1.807) is 23.7 Å². The standard InChI is InChI=1S/C20H24N2O2S/c1-14-8-10-25-19(14)6-7-20(23)22-15-4-5-16(22)12-18(11-15)24-17-3-2-9-21-13-17/h2-3,8-10,13,15-16,18H,4-7,11-12H2,1H3/t15-,16-/m0/s1. The molecule has 0 aromatic carbocycles. The Balaban J connectivity index is 1.35. The quantitative estimate of drug-likeness (QED) is 0.814. The molecule has 2 aromatic rings. The maximum absolute atomic E-state index is 12.8. The number of aromatic nitrogens is 1. The van der Waals surface area contributed by atoms with Gasteiger partial charge in [-0.05, 0) is 55.3 Å². The SMILES string of the molecule is Cc1ccsc1CCC(=O)N1[C@H]2CC[C@H]1CC(Oc1cccnc1)C2. The average Bonchev–Trinajstić information content (AvgIpc) is 3.14. The average molecular weight is 356 g/mol. The van der Waals surface area contributed by atoms with Gasteiger partial charge in [0.25, 0.3) is 0 Å². The van der Waals surface area contributed by atoms with Gasteiger partial charge in [0.05, 0.1) is 6.20 Å². The van der Waals surface area contributed by atoms with Crippen LogP contribution in [0.4, 0.5) is 0 Å². The Morgan fingerprint density at radius 3 is 2.76 bits per heavy atom. The van der Waals surface area contributed by atoms with E-state index in [4.69, 9.17) is 4.74 Å². The normalized spacial score (nSPS) is 25.2. The zero-order valence-corrected chi connectivity index (χ0v) is 15.4. The number of nitrogens with zero attached hydrogens (tertiary/aromatic N) is 2. The Labute approximate surface area is 152 Å². The van der Waals surface area contributed by atoms with Gasteiger partial charge in [0, 0.05) is 42.4 Å². The van der Waals surface area contributed by atoms with Crippen molar-refractivity contribution in [3.8, 4) is 5.75 Å². The zero-order valence-electron chi connectivity index (χ0n) is 14.6. The minimum absolute atomic E-state index is 0.199. The summed E-state index contributed by atoms with van der Waals surface area (Å²) in [5.41, 5.74) is 1.31. The molecule has 2 bridgehead atoms. The highest BCUT2D eigenvalue weighted by atomic mass is 32.1. The van der Waals surface area contributed by atoms with Crippen LogP contribution in [0.5, 0.6) is 5.75 Å². The van der Waals surface area contributed by atoms with Crippen molar-refractivity contribution in [2.75, 3.05) is 0 Å². The number of rotatable bonds is 5. The molecular formula is C20H24N2O2S. The molecule has 2 aromatic heterocycles. The van der Waals surface area contributed by atoms with Crippen LogP contribution in [0.3, 0.4) is 0 Å². The van der Waals surface area contributed by atoms with Crippen molar-refractivity contribution in [2.45, 2.75) is 63.6 Å². The van der Waals surface area contributed by atoms with E-state index in [-0.39, 0.29) is 6.10 Å². The molecule has 0 unspecified atom stereocenters. The molecule has 4 heterocycles. The number of pyridine rings is 1. The molecule has 132 valence electrons. The molecule has 4 nitrogen and oxygen atoms in total. The third kappa shape index (κ3) is 3.56. The van der Waals surface area contributed by atoms with Crippen molar-refractivity contribution in [1.29, 1.82) is 0 Å². The van der Waals surface area contributed by atoms with Gasteiger partial charge in [0.2, 0.25) is 5.91 Å². The number of aryl methyl sites for hydroxylation is 2. The van der Waals surface area contributed by atoms with Crippen molar-refractivity contribution in [3.63, 3.8) is 0 Å². The van der Waals surface area contributed by atoms with E-state index in [2.05, 4.69) is 28.3 Å². The van der Waals surface area contributed by atoms with Crippen molar-refractivity contribution in [3.05, 3.63) is 46.4 Å². The van der Waals surface area contributed by atoms with E-state index in [1.807, 2.05) is 12.1 Å². The first-order valence-electron chi connectivity index (χ1n) is 9.11. The molecule has 0 N–H and O–H groups in total. The maximum atomic E-state index is 12.8. The van der Waals surface area contributed by atoms with Gasteiger partial charge in [0.15, 0.2) is 0 Å². The van der Waals surface area contributed by atoms with E-state index in [0.29, 0.717) is 24.4 Å². The Morgan fingerprint density at radius 1 is 1.32 bits per heavy atom. The number of amides is 1. The van der Waals surface area contributed by atoms with E-state index < -0.39 is 0 Å². The highest BCUT2D eigenvalue weighted by Crippen LogP contribution is 2.37. The second-order valence-electron chi connectivity index (χ2n) is 7.11. The first-order valence-corrected chi connectivity index (χ1v) is 9.99. The number of fused-ring (bicyclic) bond motifs is 2. The molecule has 2 atom stereocenters. The lowest BCUT2D eigenvalue weighted by Gasteiger charge is -2.39. The lowest BCUT2D eigenvalue weighted by atomic mass is 9.98. The molecule has 2 aliphatic rings. The number of carbonyl (C=O) groups excluding carboxylic acids is 1. The molecule has 5 heteroatoms. The number of thiophene rings is 1. The molecule has 2 saturated heterocycles. The van der Waals surface area contributed by atoms with Gasteiger partial charge in [-0.25, -0.2) is 0 Å². The highest BCUT2D eigenvalue weighted by Gasteiger charge is 2.43. The van der Waals surface area contributed by atoms with Crippen LogP contribution in [0.25, 0.3) is 0 Å². The predicted molar refractivity (Wildman–Crippen MR) is 98.9 cm³/mol. The van der Waals surface area contributed by atoms with Gasteiger partial charge in [-0.2, -0.15) is 0 Å². The van der Waals surface area contributed by atoms with Gasteiger partial charge in [0.1, 0.15) is 11.9 Å². The Bertz CT molecular complexity index is 716. The molecule has 1 amide bonds. The lowest BCUT2D eigenvalue weighted by Crippen LogP contribution is -2.49. The van der Waals surface area contributed by atoms with Crippen LogP contribution >= 0.6 is 11.3 Å². The molecular weight excluding hydrogens is 332 g/mol. The summed E-state index contributed by atoms with van der Waals surface area (Å²) < 4.78 is 6.10. The molecule has 0 spiro atoms. The number of piperidine rings is 1. The fraction of sp³-hybridized carbons (Fsp3) is 0.500. The van der Waals surface area contributed by atoms with E-state index in [1.165, 1.54) is 10.4 Å². The van der Waals surface area contributed by atoms with Crippen LogP contribution in [-0.4, -0.2) is 34.0 Å². The van der Waals surface area contributed by atoms with Crippen LogP contribution in [-0.2, 0) is 11.2 Å². The number of hydrogen-bond acceptors (Lipinski definition) is 4. The van der Waals surface area contributed by atoms with Crippen molar-refractivity contribution in [1.82, 2.24) is 9.88 Å². The topological polar surface area (TPSA) is 42.4 Å². The van der Waals surface area contributed by atoms with E-state index >= 15 is 0 Å². The van der Waals surface area contributed by atoms with Crippen molar-refractivity contribution < 1.29 is 9.53 Å². The first kappa shape index (κ1) is 16.6. The Morgan fingerprint density at radius 2 is 2.12 bits per heavy atom. The van der Waals surface area contributed by atoms with Gasteiger partial charge >= 0.3 is 0 Å². The number of ether oxygens (including phenoxy) is 1. The van der Waals surface area contributed by atoms with Crippen LogP contribution in [0.1, 0.15) is 42.5 Å². The summed E-state index contributed by atoms with van der Waals surface area (Å²) in [5.74, 6) is 1.15. The summed E-state index contributed by atoms with van der Waals surface area (Å²) >= 11 is 1.76. The van der Waals surface area contributed by atoms with Crippen molar-refractivity contribution >= 4 is 17.2 Å². The monoisotopic (exact) mass is 356 g/mol. The van der Waals surface area contributed by atoms with Gasteiger partial charge in [-0.1, -0.05) is 0 Å². The first-order chi connectivity index (χ1) is 12.2. The van der Waals surface area contributed by atoms with E-state index in [0.717, 1.165) is 37.9 Å². The summed E-state index contributed by atoms with van der Waals surface area (Å²) in [4.78, 5) is 20.4. The zero-order chi connectivity index (χ0) is 17.2. The Hall–Kier alpha value is -1.88. The van der Waals surface area contributed by atoms with E-state index in [9.17, 15) is 4.79 Å². The van der Waals surface area contributed by atoms with Crippen LogP contribution in [0.2, 0.25) is 0 Å². The summed E-state index contributed by atoms with van der Waals surface area (Å²) in [6.45, 7) is 2.13. The largest absolute Gasteiger partial charge is 0.489 e. The summed E-state index contributed by atoms with van der Waals surface area (Å²) in [5, 5.41) is 2.11. The summed E-state index contributed by atoms with van der Waals surface area (Å²) in [7, 11) is 0. The summed E-state index contributed by atoms with van der Waals surface area (Å²) in [6.07, 6.45) is 9.32. The van der Waals surface area contributed by atoms with Crippen LogP contribution in [0.15, 0.2) is 36.0 Å². The molecule has 0 aliphatic carbocycles. The summed E-state index contributed by atoms with van der Waals surface area (Å²) in [6, 6.07) is 6.68. The fourth-order valence-electron chi connectivity index (χ4n) is 4.25. The van der Waals surface area contributed by atoms with Crippen molar-refractivity contribution in [2.24, 2.45) is 0 Å². The third-order valence-corrected chi connectivity index (χ3v) is 6.53. The predicted octanol–water partition coefficient (Wildman–Crippen LogP) is 3.99. The van der Waals surface area contributed by atoms with Gasteiger partial charge in [-0.15, -0.1) is 11.3 Å². The highest BCUT2D eigenvalue weighted by molar-refractivity contribution is 7.10.